The predicted octanol–water partition coefficient (Wildman–Crippen LogP) is 0.319. The average molecular weight is 221 g/mol. The third-order valence-electron chi connectivity index (χ3n) is 2.56. The molecule has 14 heavy (non-hydrogen) atoms. The number of rotatable bonds is 5. The van der Waals surface area contributed by atoms with E-state index in [0.29, 0.717) is 26.1 Å². The van der Waals surface area contributed by atoms with Gasteiger partial charge in [0, 0.05) is 17.9 Å². The molecule has 1 unspecified atom stereocenters. The summed E-state index contributed by atoms with van der Waals surface area (Å²) < 4.78 is 28.0. The lowest BCUT2D eigenvalue weighted by Gasteiger charge is -2.21. The highest BCUT2D eigenvalue weighted by Crippen LogP contribution is 2.20. The maximum Gasteiger partial charge on any atom is 0.150 e. The van der Waals surface area contributed by atoms with Crippen LogP contribution >= 0.6 is 0 Å². The Hall–Kier alpha value is -0.130. The van der Waals surface area contributed by atoms with Crippen LogP contribution in [-0.2, 0) is 14.6 Å². The Morgan fingerprint density at radius 3 is 2.64 bits per heavy atom. The lowest BCUT2D eigenvalue weighted by Crippen LogP contribution is -2.42. The van der Waals surface area contributed by atoms with E-state index in [9.17, 15) is 8.42 Å². The maximum atomic E-state index is 11.4. The average Bonchev–Trinajstić information content (AvgIpc) is 2.50. The predicted molar refractivity (Wildman–Crippen MR) is 55.9 cm³/mol. The van der Waals surface area contributed by atoms with Crippen LogP contribution < -0.4 is 5.73 Å². The Morgan fingerprint density at radius 1 is 1.43 bits per heavy atom. The summed E-state index contributed by atoms with van der Waals surface area (Å²) in [6.45, 7) is 3.02. The van der Waals surface area contributed by atoms with Crippen molar-refractivity contribution in [3.05, 3.63) is 0 Å². The van der Waals surface area contributed by atoms with Crippen LogP contribution in [0.2, 0.25) is 0 Å². The van der Waals surface area contributed by atoms with Crippen molar-refractivity contribution in [1.29, 1.82) is 0 Å². The highest BCUT2D eigenvalue weighted by Gasteiger charge is 2.31. The number of ether oxygens (including phenoxy) is 1. The minimum atomic E-state index is -2.89. The zero-order chi connectivity index (χ0) is 10.7. The minimum Gasteiger partial charge on any atom is -0.379 e. The van der Waals surface area contributed by atoms with Crippen molar-refractivity contribution in [2.75, 3.05) is 24.7 Å². The molecule has 1 atom stereocenters. The molecule has 0 amide bonds. The second-order valence-corrected chi connectivity index (χ2v) is 6.37. The Balaban J connectivity index is 2.39. The van der Waals surface area contributed by atoms with Crippen LogP contribution in [0.1, 0.15) is 26.2 Å². The van der Waals surface area contributed by atoms with E-state index in [1.165, 1.54) is 0 Å². The lowest BCUT2D eigenvalue weighted by molar-refractivity contribution is 0.177. The maximum absolute atomic E-state index is 11.4. The van der Waals surface area contributed by atoms with Crippen LogP contribution in [0.15, 0.2) is 0 Å². The number of nitrogens with two attached hydrogens (primary N) is 1. The van der Waals surface area contributed by atoms with Crippen molar-refractivity contribution in [3.63, 3.8) is 0 Å². The van der Waals surface area contributed by atoms with E-state index in [-0.39, 0.29) is 11.5 Å². The first kappa shape index (κ1) is 11.9. The Morgan fingerprint density at radius 2 is 2.14 bits per heavy atom. The second-order valence-electron chi connectivity index (χ2n) is 4.07. The van der Waals surface area contributed by atoms with Crippen LogP contribution in [-0.4, -0.2) is 38.7 Å². The van der Waals surface area contributed by atoms with E-state index < -0.39 is 15.4 Å². The normalized spacial score (nSPS) is 28.1. The van der Waals surface area contributed by atoms with E-state index in [4.69, 9.17) is 10.5 Å². The summed E-state index contributed by atoms with van der Waals surface area (Å²) in [5, 5.41) is 0. The van der Waals surface area contributed by atoms with Gasteiger partial charge in [-0.1, -0.05) is 6.92 Å². The molecule has 84 valence electrons. The van der Waals surface area contributed by atoms with E-state index in [1.54, 1.807) is 0 Å². The third kappa shape index (κ3) is 3.55. The highest BCUT2D eigenvalue weighted by atomic mass is 32.2. The first-order chi connectivity index (χ1) is 6.47. The Kier molecular flexibility index (Phi) is 3.92. The van der Waals surface area contributed by atoms with Crippen molar-refractivity contribution < 1.29 is 13.2 Å². The van der Waals surface area contributed by atoms with Gasteiger partial charge in [-0.25, -0.2) is 8.42 Å². The summed E-state index contributed by atoms with van der Waals surface area (Å²) in [7, 11) is -2.89. The van der Waals surface area contributed by atoms with Gasteiger partial charge in [0.2, 0.25) is 0 Å². The fourth-order valence-electron chi connectivity index (χ4n) is 1.59. The van der Waals surface area contributed by atoms with Crippen LogP contribution in [0.5, 0.6) is 0 Å². The summed E-state index contributed by atoms with van der Waals surface area (Å²) in [6, 6.07) is 0. The van der Waals surface area contributed by atoms with Gasteiger partial charge >= 0.3 is 0 Å². The molecule has 0 aromatic heterocycles. The summed E-state index contributed by atoms with van der Waals surface area (Å²) >= 11 is 0. The smallest absolute Gasteiger partial charge is 0.150 e. The standard InChI is InChI=1S/C9H19NO3S/c1-2-6-14(11,12)7-4-9(10)3-5-13-8-9/h2-8,10H2,1H3. The minimum absolute atomic E-state index is 0.195. The van der Waals surface area contributed by atoms with E-state index in [1.807, 2.05) is 6.92 Å². The van der Waals surface area contributed by atoms with Gasteiger partial charge in [-0.2, -0.15) is 0 Å². The largest absolute Gasteiger partial charge is 0.379 e. The summed E-state index contributed by atoms with van der Waals surface area (Å²) in [4.78, 5) is 0. The molecule has 1 heterocycles. The second kappa shape index (κ2) is 4.59. The van der Waals surface area contributed by atoms with Crippen LogP contribution in [0.4, 0.5) is 0 Å². The van der Waals surface area contributed by atoms with E-state index in [2.05, 4.69) is 0 Å². The molecule has 0 aromatic rings. The zero-order valence-electron chi connectivity index (χ0n) is 8.66. The van der Waals surface area contributed by atoms with Crippen molar-refractivity contribution in [1.82, 2.24) is 0 Å². The van der Waals surface area contributed by atoms with Gasteiger partial charge in [0.05, 0.1) is 12.4 Å². The van der Waals surface area contributed by atoms with Crippen molar-refractivity contribution in [2.24, 2.45) is 5.73 Å². The monoisotopic (exact) mass is 221 g/mol. The highest BCUT2D eigenvalue weighted by molar-refractivity contribution is 7.91. The van der Waals surface area contributed by atoms with Gasteiger partial charge in [-0.15, -0.1) is 0 Å². The van der Waals surface area contributed by atoms with Crippen molar-refractivity contribution >= 4 is 9.84 Å². The fourth-order valence-corrected chi connectivity index (χ4v) is 3.14. The molecule has 1 fully saturated rings. The molecule has 0 radical (unpaired) electrons. The molecular formula is C9H19NO3S. The quantitative estimate of drug-likeness (QED) is 0.726. The molecule has 1 saturated heterocycles. The number of sulfone groups is 1. The summed E-state index contributed by atoms with van der Waals surface area (Å²) in [6.07, 6.45) is 1.97. The van der Waals surface area contributed by atoms with Gasteiger partial charge in [0.15, 0.2) is 0 Å². The summed E-state index contributed by atoms with van der Waals surface area (Å²) in [5.41, 5.74) is 5.57. The first-order valence-corrected chi connectivity index (χ1v) is 6.87. The molecule has 1 aliphatic rings. The third-order valence-corrected chi connectivity index (χ3v) is 4.42. The van der Waals surface area contributed by atoms with E-state index >= 15 is 0 Å². The Bertz CT molecular complexity index is 268. The molecule has 0 aromatic carbocycles. The van der Waals surface area contributed by atoms with E-state index in [0.717, 1.165) is 6.42 Å². The molecule has 1 rings (SSSR count). The van der Waals surface area contributed by atoms with Crippen molar-refractivity contribution in [3.8, 4) is 0 Å². The molecule has 1 aliphatic heterocycles. The Labute approximate surface area is 85.7 Å². The molecule has 4 nitrogen and oxygen atoms in total. The van der Waals surface area contributed by atoms with Crippen molar-refractivity contribution in [2.45, 2.75) is 31.7 Å². The number of hydrogen-bond acceptors (Lipinski definition) is 4. The first-order valence-electron chi connectivity index (χ1n) is 5.04. The zero-order valence-corrected chi connectivity index (χ0v) is 9.48. The molecule has 0 bridgehead atoms. The van der Waals surface area contributed by atoms with Gasteiger partial charge in [0.25, 0.3) is 0 Å². The molecule has 2 N–H and O–H groups in total. The van der Waals surface area contributed by atoms with Crippen LogP contribution in [0.3, 0.4) is 0 Å². The van der Waals surface area contributed by atoms with Gasteiger partial charge < -0.3 is 10.5 Å². The molecule has 5 heteroatoms. The SMILES string of the molecule is CCCS(=O)(=O)CCC1(N)CCOC1. The fraction of sp³-hybridized carbons (Fsp3) is 1.00. The summed E-state index contributed by atoms with van der Waals surface area (Å²) in [5.74, 6) is 0.463. The molecular weight excluding hydrogens is 202 g/mol. The molecule has 0 aliphatic carbocycles. The van der Waals surface area contributed by atoms with Crippen LogP contribution in [0, 0.1) is 0 Å². The van der Waals surface area contributed by atoms with Crippen LogP contribution in [0.25, 0.3) is 0 Å². The van der Waals surface area contributed by atoms with Gasteiger partial charge in [-0.3, -0.25) is 0 Å². The number of hydrogen-bond donors (Lipinski definition) is 1. The lowest BCUT2D eigenvalue weighted by atomic mass is 9.97. The molecule has 0 spiro atoms. The topological polar surface area (TPSA) is 69.4 Å². The molecule has 0 saturated carbocycles. The van der Waals surface area contributed by atoms with Gasteiger partial charge in [-0.05, 0) is 19.3 Å². The van der Waals surface area contributed by atoms with Gasteiger partial charge in [0.1, 0.15) is 9.84 Å².